The molecule has 2 aromatic carbocycles. The van der Waals surface area contributed by atoms with Crippen molar-refractivity contribution < 1.29 is 18.9 Å². The van der Waals surface area contributed by atoms with Crippen molar-refractivity contribution >= 4 is 46.3 Å². The third kappa shape index (κ3) is 5.56. The topological polar surface area (TPSA) is 139 Å². The fourth-order valence-corrected chi connectivity index (χ4v) is 4.12. The summed E-state index contributed by atoms with van der Waals surface area (Å²) in [6.07, 6.45) is 1.32. The molecule has 11 heteroatoms. The molecule has 10 nitrogen and oxygen atoms in total. The van der Waals surface area contributed by atoms with E-state index in [2.05, 4.69) is 20.8 Å². The van der Waals surface area contributed by atoms with E-state index in [0.29, 0.717) is 22.8 Å². The van der Waals surface area contributed by atoms with Gasteiger partial charge in [-0.05, 0) is 42.8 Å². The number of hydrogen-bond acceptors (Lipinski definition) is 8. The van der Waals surface area contributed by atoms with Crippen LogP contribution in [0.3, 0.4) is 0 Å². The molecule has 1 atom stereocenters. The monoisotopic (exact) mass is 477 g/mol. The van der Waals surface area contributed by atoms with Crippen molar-refractivity contribution in [2.24, 2.45) is 10.2 Å². The highest BCUT2D eigenvalue weighted by Crippen LogP contribution is 2.31. The molecular weight excluding hydrogens is 458 g/mol. The van der Waals surface area contributed by atoms with E-state index in [0.717, 1.165) is 17.3 Å². The van der Waals surface area contributed by atoms with Gasteiger partial charge in [0.25, 0.3) is 5.69 Å². The summed E-state index contributed by atoms with van der Waals surface area (Å²) in [7, 11) is 0. The van der Waals surface area contributed by atoms with E-state index in [1.165, 1.54) is 12.3 Å². The van der Waals surface area contributed by atoms with Crippen molar-refractivity contribution in [3.05, 3.63) is 82.1 Å². The third-order valence-electron chi connectivity index (χ3n) is 4.78. The number of amides is 2. The number of furan rings is 1. The van der Waals surface area contributed by atoms with Gasteiger partial charge in [-0.25, -0.2) is 0 Å². The summed E-state index contributed by atoms with van der Waals surface area (Å²) in [5, 5.41) is 24.2. The molecule has 0 saturated carbocycles. The summed E-state index contributed by atoms with van der Waals surface area (Å²) in [5.41, 5.74) is 1.73. The number of thioether (sulfide) groups is 1. The van der Waals surface area contributed by atoms with Crippen LogP contribution in [0.15, 0.2) is 75.3 Å². The maximum absolute atomic E-state index is 12.2. The predicted molar refractivity (Wildman–Crippen MR) is 130 cm³/mol. The Bertz CT molecular complexity index is 1300. The van der Waals surface area contributed by atoms with Crippen molar-refractivity contribution in [2.45, 2.75) is 18.6 Å². The lowest BCUT2D eigenvalue weighted by atomic mass is 10.1. The zero-order chi connectivity index (χ0) is 24.1. The summed E-state index contributed by atoms with van der Waals surface area (Å²) in [6.45, 7) is 1.77. The minimum absolute atomic E-state index is 0.00893. The fourth-order valence-electron chi connectivity index (χ4n) is 3.19. The van der Waals surface area contributed by atoms with Crippen molar-refractivity contribution in [3.8, 4) is 11.3 Å². The number of para-hydroxylation sites is 1. The number of benzene rings is 2. The Labute approximate surface area is 198 Å². The quantitative estimate of drug-likeness (QED) is 0.298. The van der Waals surface area contributed by atoms with Crippen molar-refractivity contribution in [1.29, 1.82) is 0 Å². The van der Waals surface area contributed by atoms with E-state index in [4.69, 9.17) is 4.42 Å². The molecule has 3 aromatic rings. The Morgan fingerprint density at radius 1 is 1.24 bits per heavy atom. The molecule has 1 fully saturated rings. The van der Waals surface area contributed by atoms with Crippen LogP contribution in [0, 0.1) is 17.0 Å². The van der Waals surface area contributed by atoms with Crippen LogP contribution in [-0.2, 0) is 9.59 Å². The number of hydrogen-bond donors (Lipinski definition) is 2. The molecule has 0 radical (unpaired) electrons. The number of anilines is 1. The molecule has 2 N–H and O–H groups in total. The summed E-state index contributed by atoms with van der Waals surface area (Å²) >= 11 is 1.11. The first kappa shape index (κ1) is 22.9. The molecule has 0 bridgehead atoms. The van der Waals surface area contributed by atoms with Crippen LogP contribution >= 0.6 is 11.8 Å². The average Bonchev–Trinajstić information content (AvgIpc) is 3.41. The second kappa shape index (κ2) is 10.1. The van der Waals surface area contributed by atoms with Gasteiger partial charge in [0.2, 0.25) is 11.8 Å². The third-order valence-corrected chi connectivity index (χ3v) is 5.85. The lowest BCUT2D eigenvalue weighted by molar-refractivity contribution is -0.384. The smallest absolute Gasteiger partial charge is 0.280 e. The fraction of sp³-hybridized carbons (Fsp3) is 0.130. The van der Waals surface area contributed by atoms with Crippen molar-refractivity contribution in [1.82, 2.24) is 5.32 Å². The number of amidine groups is 1. The number of carbonyl (C=O) groups excluding carboxylic acids is 2. The van der Waals surface area contributed by atoms with E-state index in [1.54, 1.807) is 55.5 Å². The van der Waals surface area contributed by atoms with Crippen molar-refractivity contribution in [2.75, 3.05) is 5.32 Å². The Morgan fingerprint density at radius 2 is 2.03 bits per heavy atom. The summed E-state index contributed by atoms with van der Waals surface area (Å²) < 4.78 is 5.65. The van der Waals surface area contributed by atoms with Gasteiger partial charge in [0.05, 0.1) is 16.7 Å². The molecule has 172 valence electrons. The average molecular weight is 478 g/mol. The number of nitro groups is 1. The van der Waals surface area contributed by atoms with Gasteiger partial charge < -0.3 is 15.1 Å². The van der Waals surface area contributed by atoms with Crippen LogP contribution in [-0.4, -0.2) is 33.4 Å². The number of rotatable bonds is 7. The molecule has 2 amide bonds. The highest BCUT2D eigenvalue weighted by atomic mass is 32.2. The highest BCUT2D eigenvalue weighted by Gasteiger charge is 2.32. The van der Waals surface area contributed by atoms with Crippen LogP contribution in [0.4, 0.5) is 11.4 Å². The number of nitro benzene ring substituents is 1. The first-order valence-corrected chi connectivity index (χ1v) is 11.1. The summed E-state index contributed by atoms with van der Waals surface area (Å²) in [4.78, 5) is 35.2. The normalized spacial score (nSPS) is 16.7. The minimum Gasteiger partial charge on any atom is -0.455 e. The van der Waals surface area contributed by atoms with Crippen molar-refractivity contribution in [3.63, 3.8) is 0 Å². The Hall–Kier alpha value is -4.25. The number of nitrogens with zero attached hydrogens (tertiary/aromatic N) is 3. The maximum Gasteiger partial charge on any atom is 0.280 e. The zero-order valence-corrected chi connectivity index (χ0v) is 18.7. The SMILES string of the molecule is Cc1ccc(-c2ccc(/C=N\N=C3\NC(=O)[C@@H](CC(=O)Nc4ccccc4)S3)o2)c([N+](=O)[O-])c1. The summed E-state index contributed by atoms with van der Waals surface area (Å²) in [5.74, 6) is 0.0576. The first-order chi connectivity index (χ1) is 16.4. The molecule has 1 aromatic heterocycles. The summed E-state index contributed by atoms with van der Waals surface area (Å²) in [6, 6.07) is 17.1. The standard InChI is InChI=1S/C23H19N5O5S/c1-14-7-9-17(18(11-14)28(31)32)19-10-8-16(33-19)13-24-27-23-26-22(30)20(34-23)12-21(29)25-15-5-3-2-4-6-15/h2-11,13,20H,12H2,1H3,(H,25,29)(H,26,27,30)/b24-13-/t20-/m1/s1. The van der Waals surface area contributed by atoms with Crippen LogP contribution in [0.25, 0.3) is 11.3 Å². The second-order valence-corrected chi connectivity index (χ2v) is 8.53. The Balaban J connectivity index is 1.37. The number of carbonyl (C=O) groups is 2. The van der Waals surface area contributed by atoms with Crippen LogP contribution < -0.4 is 10.6 Å². The molecule has 1 aliphatic heterocycles. The molecule has 0 unspecified atom stereocenters. The molecule has 1 saturated heterocycles. The van der Waals surface area contributed by atoms with E-state index in [-0.39, 0.29) is 29.1 Å². The first-order valence-electron chi connectivity index (χ1n) is 10.2. The number of aryl methyl sites for hydroxylation is 1. The van der Waals surface area contributed by atoms with E-state index < -0.39 is 10.2 Å². The van der Waals surface area contributed by atoms with E-state index >= 15 is 0 Å². The Morgan fingerprint density at radius 3 is 2.79 bits per heavy atom. The predicted octanol–water partition coefficient (Wildman–Crippen LogP) is 4.11. The molecule has 2 heterocycles. The van der Waals surface area contributed by atoms with Crippen LogP contribution in [0.5, 0.6) is 0 Å². The van der Waals surface area contributed by atoms with Crippen LogP contribution in [0.1, 0.15) is 17.7 Å². The molecule has 0 spiro atoms. The second-order valence-electron chi connectivity index (χ2n) is 7.34. The zero-order valence-electron chi connectivity index (χ0n) is 17.9. The lowest BCUT2D eigenvalue weighted by Gasteiger charge is -2.06. The van der Waals surface area contributed by atoms with Gasteiger partial charge in [-0.3, -0.25) is 19.7 Å². The van der Waals surface area contributed by atoms with Gasteiger partial charge in [0.15, 0.2) is 5.17 Å². The number of nitrogens with one attached hydrogen (secondary N) is 2. The van der Waals surface area contributed by atoms with Gasteiger partial charge in [-0.1, -0.05) is 36.0 Å². The Kier molecular flexibility index (Phi) is 6.83. The van der Waals surface area contributed by atoms with E-state index in [1.807, 2.05) is 6.07 Å². The maximum atomic E-state index is 12.2. The van der Waals surface area contributed by atoms with Gasteiger partial charge in [-0.15, -0.1) is 5.10 Å². The van der Waals surface area contributed by atoms with Gasteiger partial charge >= 0.3 is 0 Å². The van der Waals surface area contributed by atoms with Crippen LogP contribution in [0.2, 0.25) is 0 Å². The molecule has 34 heavy (non-hydrogen) atoms. The van der Waals surface area contributed by atoms with E-state index in [9.17, 15) is 19.7 Å². The molecule has 4 rings (SSSR count). The van der Waals surface area contributed by atoms with Gasteiger partial charge in [0.1, 0.15) is 16.8 Å². The van der Waals surface area contributed by atoms with Gasteiger partial charge in [-0.2, -0.15) is 5.10 Å². The molecular formula is C23H19N5O5S. The minimum atomic E-state index is -0.616. The highest BCUT2D eigenvalue weighted by molar-refractivity contribution is 8.15. The lowest BCUT2D eigenvalue weighted by Crippen LogP contribution is -2.28. The largest absolute Gasteiger partial charge is 0.455 e. The molecule has 1 aliphatic rings. The van der Waals surface area contributed by atoms with Gasteiger partial charge in [0, 0.05) is 18.2 Å². The molecule has 0 aliphatic carbocycles.